The number of rotatable bonds is 7. The van der Waals surface area contributed by atoms with Crippen molar-refractivity contribution in [1.29, 1.82) is 0 Å². The fourth-order valence-corrected chi connectivity index (χ4v) is 4.87. The number of pyridine rings is 1. The minimum Gasteiger partial charge on any atom is -0.487 e. The molecule has 0 fully saturated rings. The molecule has 0 atom stereocenters. The van der Waals surface area contributed by atoms with Crippen LogP contribution in [-0.4, -0.2) is 18.1 Å². The molecule has 0 radical (unpaired) electrons. The van der Waals surface area contributed by atoms with E-state index in [4.69, 9.17) is 14.5 Å². The molecule has 0 spiro atoms. The molecule has 0 saturated heterocycles. The van der Waals surface area contributed by atoms with Crippen LogP contribution in [0.2, 0.25) is 0 Å². The van der Waals surface area contributed by atoms with Crippen LogP contribution >= 0.6 is 11.8 Å². The summed E-state index contributed by atoms with van der Waals surface area (Å²) in [7, 11) is 1.39. The van der Waals surface area contributed by atoms with Crippen molar-refractivity contribution in [3.8, 4) is 5.75 Å². The van der Waals surface area contributed by atoms with E-state index in [1.165, 1.54) is 35.6 Å². The summed E-state index contributed by atoms with van der Waals surface area (Å²) in [5, 5.41) is 1.40. The van der Waals surface area contributed by atoms with Crippen LogP contribution in [0, 0.1) is 20.8 Å². The molecule has 0 aliphatic heterocycles. The van der Waals surface area contributed by atoms with Crippen LogP contribution in [0.3, 0.4) is 0 Å². The number of hydrogen-bond acceptors (Lipinski definition) is 5. The second kappa shape index (κ2) is 10.1. The zero-order valence-corrected chi connectivity index (χ0v) is 20.2. The molecule has 0 aliphatic rings. The van der Waals surface area contributed by atoms with E-state index in [2.05, 4.69) is 51.1 Å². The highest BCUT2D eigenvalue weighted by atomic mass is 32.2. The number of fused-ring (bicyclic) bond motifs is 1. The van der Waals surface area contributed by atoms with Crippen molar-refractivity contribution in [3.05, 3.63) is 100 Å². The van der Waals surface area contributed by atoms with E-state index in [9.17, 15) is 4.79 Å². The van der Waals surface area contributed by atoms with Crippen molar-refractivity contribution in [2.45, 2.75) is 38.2 Å². The van der Waals surface area contributed by atoms with Gasteiger partial charge in [-0.1, -0.05) is 60.2 Å². The van der Waals surface area contributed by atoms with Gasteiger partial charge in [0.2, 0.25) is 0 Å². The maximum absolute atomic E-state index is 12.9. The molecule has 4 nitrogen and oxygen atoms in total. The van der Waals surface area contributed by atoms with E-state index in [1.807, 2.05) is 36.4 Å². The topological polar surface area (TPSA) is 48.4 Å². The summed E-state index contributed by atoms with van der Waals surface area (Å²) < 4.78 is 11.5. The number of nitrogens with zero attached hydrogens (tertiary/aromatic N) is 1. The van der Waals surface area contributed by atoms with Gasteiger partial charge >= 0.3 is 5.97 Å². The fourth-order valence-electron chi connectivity index (χ4n) is 3.77. The molecule has 0 amide bonds. The molecule has 0 unspecified atom stereocenters. The van der Waals surface area contributed by atoms with Crippen molar-refractivity contribution in [1.82, 2.24) is 4.98 Å². The molecule has 0 N–H and O–H groups in total. The van der Waals surface area contributed by atoms with E-state index in [0.29, 0.717) is 28.7 Å². The molecule has 1 aromatic heterocycles. The average Bonchev–Trinajstić information content (AvgIpc) is 2.82. The van der Waals surface area contributed by atoms with E-state index < -0.39 is 5.97 Å². The molecule has 3 aromatic carbocycles. The number of methoxy groups -OCH3 is 1. The minimum atomic E-state index is -0.448. The predicted octanol–water partition coefficient (Wildman–Crippen LogP) is 6.82. The Balaban J connectivity index is 1.77. The second-order valence-electron chi connectivity index (χ2n) is 8.06. The van der Waals surface area contributed by atoms with Crippen molar-refractivity contribution in [2.75, 3.05) is 7.11 Å². The molecular formula is C28H27NO3S. The van der Waals surface area contributed by atoms with Gasteiger partial charge in [0.05, 0.1) is 12.6 Å². The number of para-hydroxylation sites is 1. The first kappa shape index (κ1) is 22.9. The number of thioether (sulfide) groups is 1. The molecular weight excluding hydrogens is 430 g/mol. The average molecular weight is 458 g/mol. The van der Waals surface area contributed by atoms with Crippen molar-refractivity contribution >= 4 is 28.6 Å². The van der Waals surface area contributed by atoms with Gasteiger partial charge in [0, 0.05) is 11.1 Å². The number of carbonyl (C=O) groups excluding carboxylic acids is 1. The Morgan fingerprint density at radius 2 is 1.67 bits per heavy atom. The first-order valence-electron chi connectivity index (χ1n) is 10.8. The van der Waals surface area contributed by atoms with Gasteiger partial charge < -0.3 is 9.47 Å². The number of aryl methyl sites for hydroxylation is 3. The van der Waals surface area contributed by atoms with Gasteiger partial charge in [-0.3, -0.25) is 0 Å². The first-order chi connectivity index (χ1) is 16.0. The number of ether oxygens (including phenoxy) is 2. The van der Waals surface area contributed by atoms with Gasteiger partial charge in [-0.2, -0.15) is 0 Å². The van der Waals surface area contributed by atoms with Crippen LogP contribution in [0.4, 0.5) is 0 Å². The second-order valence-corrected chi connectivity index (χ2v) is 9.03. The SMILES string of the molecule is COC(=O)c1c(SCc2ccccc2C)nc2ccccc2c1OCc1ccc(C)cc1C. The van der Waals surface area contributed by atoms with E-state index in [0.717, 1.165) is 22.0 Å². The van der Waals surface area contributed by atoms with Gasteiger partial charge in [0.25, 0.3) is 0 Å². The lowest BCUT2D eigenvalue weighted by atomic mass is 10.1. The summed E-state index contributed by atoms with van der Waals surface area (Å²) in [6.45, 7) is 6.58. The highest BCUT2D eigenvalue weighted by Crippen LogP contribution is 2.37. The Labute approximate surface area is 199 Å². The van der Waals surface area contributed by atoms with Crippen LogP contribution < -0.4 is 4.74 Å². The molecule has 168 valence electrons. The van der Waals surface area contributed by atoms with E-state index in [1.54, 1.807) is 0 Å². The lowest BCUT2D eigenvalue weighted by Crippen LogP contribution is -2.10. The van der Waals surface area contributed by atoms with Crippen molar-refractivity contribution < 1.29 is 14.3 Å². The maximum atomic E-state index is 12.9. The van der Waals surface area contributed by atoms with Crippen LogP contribution in [0.15, 0.2) is 71.8 Å². The Bertz CT molecular complexity index is 1320. The smallest absolute Gasteiger partial charge is 0.344 e. The van der Waals surface area contributed by atoms with Gasteiger partial charge in [0.15, 0.2) is 0 Å². The summed E-state index contributed by atoms with van der Waals surface area (Å²) in [5.74, 6) is 0.759. The maximum Gasteiger partial charge on any atom is 0.344 e. The molecule has 0 aliphatic carbocycles. The van der Waals surface area contributed by atoms with E-state index in [-0.39, 0.29) is 0 Å². The zero-order chi connectivity index (χ0) is 23.4. The normalized spacial score (nSPS) is 10.9. The fraction of sp³-hybridized carbons (Fsp3) is 0.214. The van der Waals surface area contributed by atoms with Crippen LogP contribution in [0.1, 0.15) is 38.2 Å². The predicted molar refractivity (Wildman–Crippen MR) is 134 cm³/mol. The summed E-state index contributed by atoms with van der Waals surface area (Å²) in [4.78, 5) is 17.8. The zero-order valence-electron chi connectivity index (χ0n) is 19.3. The number of benzene rings is 3. The standard InChI is InChI=1S/C28H27NO3S/c1-18-13-14-21(20(3)15-18)16-32-26-23-11-7-8-12-24(23)29-27(25(26)28(30)31-4)33-17-22-10-6-5-9-19(22)2/h5-15H,16-17H2,1-4H3. The largest absolute Gasteiger partial charge is 0.487 e. The molecule has 5 heteroatoms. The van der Waals surface area contributed by atoms with Crippen LogP contribution in [0.5, 0.6) is 5.75 Å². The van der Waals surface area contributed by atoms with Gasteiger partial charge in [0.1, 0.15) is 22.9 Å². The number of esters is 1. The first-order valence-corrected chi connectivity index (χ1v) is 11.8. The Hall–Kier alpha value is -3.31. The number of aromatic nitrogens is 1. The molecule has 1 heterocycles. The third-order valence-corrected chi connectivity index (χ3v) is 6.72. The molecule has 4 aromatic rings. The third kappa shape index (κ3) is 5.04. The lowest BCUT2D eigenvalue weighted by molar-refractivity contribution is 0.0590. The van der Waals surface area contributed by atoms with Crippen molar-refractivity contribution in [3.63, 3.8) is 0 Å². The summed E-state index contributed by atoms with van der Waals surface area (Å²) in [6.07, 6.45) is 0. The molecule has 0 saturated carbocycles. The molecule has 33 heavy (non-hydrogen) atoms. The monoisotopic (exact) mass is 457 g/mol. The van der Waals surface area contributed by atoms with Crippen LogP contribution in [0.25, 0.3) is 10.9 Å². The van der Waals surface area contributed by atoms with E-state index >= 15 is 0 Å². The summed E-state index contributed by atoms with van der Waals surface area (Å²) >= 11 is 1.52. The highest BCUT2D eigenvalue weighted by Gasteiger charge is 2.24. The van der Waals surface area contributed by atoms with Gasteiger partial charge in [-0.25, -0.2) is 9.78 Å². The lowest BCUT2D eigenvalue weighted by Gasteiger charge is -2.17. The highest BCUT2D eigenvalue weighted by molar-refractivity contribution is 7.98. The van der Waals surface area contributed by atoms with Crippen LogP contribution in [-0.2, 0) is 17.1 Å². The van der Waals surface area contributed by atoms with Gasteiger partial charge in [-0.05, 0) is 55.2 Å². The third-order valence-electron chi connectivity index (χ3n) is 5.70. The van der Waals surface area contributed by atoms with Crippen molar-refractivity contribution in [2.24, 2.45) is 0 Å². The quantitative estimate of drug-likeness (QED) is 0.225. The summed E-state index contributed by atoms with van der Waals surface area (Å²) in [6, 6.07) is 22.2. The molecule has 4 rings (SSSR count). The minimum absolute atomic E-state index is 0.353. The Kier molecular flexibility index (Phi) is 6.99. The Morgan fingerprint density at radius 1 is 0.909 bits per heavy atom. The summed E-state index contributed by atoms with van der Waals surface area (Å²) in [5.41, 5.74) is 7.00. The number of carbonyl (C=O) groups is 1. The van der Waals surface area contributed by atoms with Gasteiger partial charge in [-0.15, -0.1) is 11.8 Å². The Morgan fingerprint density at radius 3 is 2.42 bits per heavy atom. The number of hydrogen-bond donors (Lipinski definition) is 0. The molecule has 0 bridgehead atoms.